The number of carbonyl (C=O) groups is 3. The molecule has 0 N–H and O–H groups in total. The van der Waals surface area contributed by atoms with Gasteiger partial charge < -0.3 is 19.0 Å². The van der Waals surface area contributed by atoms with E-state index < -0.39 is 11.9 Å². The Morgan fingerprint density at radius 3 is 1.88 bits per heavy atom. The number of hydrogen-bond acceptors (Lipinski definition) is 7. The molecule has 0 saturated carbocycles. The van der Waals surface area contributed by atoms with Crippen molar-refractivity contribution in [2.24, 2.45) is 4.99 Å². The Morgan fingerprint density at radius 1 is 0.804 bits per heavy atom. The maximum absolute atomic E-state index is 13.2. The van der Waals surface area contributed by atoms with E-state index in [-0.39, 0.29) is 30.3 Å². The van der Waals surface area contributed by atoms with Gasteiger partial charge in [0, 0.05) is 17.7 Å². The fourth-order valence-corrected chi connectivity index (χ4v) is 4.97. The summed E-state index contributed by atoms with van der Waals surface area (Å²) in [7, 11) is 0. The van der Waals surface area contributed by atoms with Crippen LogP contribution in [0.4, 0.5) is 0 Å². The highest BCUT2D eigenvalue weighted by Crippen LogP contribution is 2.31. The van der Waals surface area contributed by atoms with Gasteiger partial charge in [-0.1, -0.05) is 71.9 Å². The number of fused-ring (bicyclic) bond motifs is 1. The lowest BCUT2D eigenvalue weighted by atomic mass is 10.0. The Labute approximate surface area is 308 Å². The summed E-state index contributed by atoms with van der Waals surface area (Å²) in [5, 5.41) is 0. The molecule has 0 radical (unpaired) electrons. The smallest absolute Gasteiger partial charge is 0.262 e. The van der Waals surface area contributed by atoms with Gasteiger partial charge in [-0.2, -0.15) is 0 Å². The highest BCUT2D eigenvalue weighted by atomic mass is 16.5. The van der Waals surface area contributed by atoms with Gasteiger partial charge in [-0.3, -0.25) is 19.5 Å². The predicted molar refractivity (Wildman–Crippen MR) is 213 cm³/mol. The van der Waals surface area contributed by atoms with Crippen molar-refractivity contribution in [1.29, 1.82) is 0 Å². The molecule has 2 aromatic rings. The second-order valence-corrected chi connectivity index (χ2v) is 10.9. The lowest BCUT2D eigenvalue weighted by molar-refractivity contribution is -0.117. The highest BCUT2D eigenvalue weighted by Gasteiger charge is 2.40. The average molecular weight is 703 g/mol. The Hall–Kier alpha value is -4.56. The molecule has 1 heterocycles. The Morgan fingerprint density at radius 2 is 1.35 bits per heavy atom. The van der Waals surface area contributed by atoms with Gasteiger partial charge in [0.05, 0.1) is 36.1 Å². The molecule has 1 unspecified atom stereocenters. The summed E-state index contributed by atoms with van der Waals surface area (Å²) in [5.41, 5.74) is 5.23. The van der Waals surface area contributed by atoms with E-state index in [2.05, 4.69) is 12.7 Å². The van der Waals surface area contributed by atoms with Crippen molar-refractivity contribution >= 4 is 29.0 Å². The fourth-order valence-electron chi connectivity index (χ4n) is 4.97. The summed E-state index contributed by atoms with van der Waals surface area (Å²) in [5.74, 6) is 0.410. The van der Waals surface area contributed by atoms with E-state index in [0.29, 0.717) is 43.1 Å². The van der Waals surface area contributed by atoms with Gasteiger partial charge in [0.15, 0.2) is 0 Å². The van der Waals surface area contributed by atoms with E-state index in [4.69, 9.17) is 19.2 Å². The van der Waals surface area contributed by atoms with Crippen LogP contribution in [0.25, 0.3) is 5.70 Å². The number of nitrogens with zero attached hydrogens (tertiary/aromatic N) is 2. The molecule has 0 saturated heterocycles. The largest absolute Gasteiger partial charge is 0.491 e. The number of ketones is 1. The minimum absolute atomic E-state index is 0.00405. The first-order chi connectivity index (χ1) is 24.5. The van der Waals surface area contributed by atoms with Gasteiger partial charge >= 0.3 is 0 Å². The number of carbonyl (C=O) groups excluding carboxylic acids is 3. The molecule has 0 bridgehead atoms. The fraction of sp³-hybridized carbons (Fsp3) is 0.442. The summed E-state index contributed by atoms with van der Waals surface area (Å²) in [6, 6.07) is 12.1. The van der Waals surface area contributed by atoms with Crippen LogP contribution in [0.1, 0.15) is 122 Å². The maximum atomic E-state index is 13.2. The van der Waals surface area contributed by atoms with Crippen molar-refractivity contribution in [3.63, 3.8) is 0 Å². The third-order valence-electron chi connectivity index (χ3n) is 7.12. The summed E-state index contributed by atoms with van der Waals surface area (Å²) in [4.78, 5) is 43.6. The van der Waals surface area contributed by atoms with Gasteiger partial charge in [0.2, 0.25) is 0 Å². The van der Waals surface area contributed by atoms with E-state index in [1.54, 1.807) is 25.1 Å². The van der Waals surface area contributed by atoms with Crippen molar-refractivity contribution in [3.05, 3.63) is 101 Å². The van der Waals surface area contributed by atoms with Crippen LogP contribution in [0.2, 0.25) is 0 Å². The predicted octanol–water partition coefficient (Wildman–Crippen LogP) is 10.5. The van der Waals surface area contributed by atoms with Crippen LogP contribution in [0, 0.1) is 0 Å². The van der Waals surface area contributed by atoms with Crippen molar-refractivity contribution in [1.82, 2.24) is 4.90 Å². The molecule has 1 aliphatic heterocycles. The number of amides is 2. The number of benzene rings is 2. The van der Waals surface area contributed by atoms with Crippen molar-refractivity contribution in [2.45, 2.75) is 102 Å². The van der Waals surface area contributed by atoms with Gasteiger partial charge in [-0.05, 0) is 102 Å². The SMILES string of the molecule is C=C(C)C(CCC(C)=O)N1C(=O)c2ccc(OCCOCCOc3ccc(C(=C/C)/N=C(C)/C=C(C)\C=C/C)cc3)cc2C1=O.CC.CC.CC. The van der Waals surface area contributed by atoms with E-state index >= 15 is 0 Å². The quantitative estimate of drug-likeness (QED) is 0.0535. The Kier molecular flexibility index (Phi) is 23.9. The van der Waals surface area contributed by atoms with Crippen LogP contribution in [-0.4, -0.2) is 60.7 Å². The van der Waals surface area contributed by atoms with Gasteiger partial charge in [-0.25, -0.2) is 0 Å². The average Bonchev–Trinajstić information content (AvgIpc) is 3.37. The summed E-state index contributed by atoms with van der Waals surface area (Å²) < 4.78 is 17.2. The molecule has 8 nitrogen and oxygen atoms in total. The molecular weight excluding hydrogens is 640 g/mol. The van der Waals surface area contributed by atoms with Crippen LogP contribution < -0.4 is 9.47 Å². The minimum Gasteiger partial charge on any atom is -0.491 e. The topological polar surface area (TPSA) is 94.5 Å². The van der Waals surface area contributed by atoms with Crippen LogP contribution in [0.15, 0.2) is 89.5 Å². The molecule has 3 rings (SSSR count). The number of hydrogen-bond donors (Lipinski definition) is 0. The molecular formula is C43H62N2O6. The van der Waals surface area contributed by atoms with Gasteiger partial charge in [0.1, 0.15) is 30.5 Å². The molecule has 1 atom stereocenters. The van der Waals surface area contributed by atoms with Crippen LogP contribution in [0.3, 0.4) is 0 Å². The number of imide groups is 1. The third-order valence-corrected chi connectivity index (χ3v) is 7.12. The zero-order valence-corrected chi connectivity index (χ0v) is 33.2. The normalized spacial score (nSPS) is 13.3. The lowest BCUT2D eigenvalue weighted by Gasteiger charge is -2.26. The molecule has 2 amide bonds. The van der Waals surface area contributed by atoms with Gasteiger partial charge in [0.25, 0.3) is 11.8 Å². The number of rotatable bonds is 17. The van der Waals surface area contributed by atoms with Crippen LogP contribution in [-0.2, 0) is 9.53 Å². The first-order valence-electron chi connectivity index (χ1n) is 18.2. The third kappa shape index (κ3) is 15.5. The van der Waals surface area contributed by atoms with E-state index in [1.807, 2.05) is 112 Å². The molecule has 280 valence electrons. The number of aliphatic imine (C=N–C) groups is 1. The minimum atomic E-state index is -0.534. The number of ether oxygens (including phenoxy) is 3. The van der Waals surface area contributed by atoms with Crippen molar-refractivity contribution < 1.29 is 28.6 Å². The highest BCUT2D eigenvalue weighted by molar-refractivity contribution is 6.22. The summed E-state index contributed by atoms with van der Waals surface area (Å²) in [6.07, 6.45) is 8.71. The second kappa shape index (κ2) is 26.3. The lowest BCUT2D eigenvalue weighted by Crippen LogP contribution is -2.40. The van der Waals surface area contributed by atoms with Crippen LogP contribution >= 0.6 is 0 Å². The number of allylic oxidation sites excluding steroid dienone is 5. The molecule has 51 heavy (non-hydrogen) atoms. The molecule has 0 aliphatic carbocycles. The maximum Gasteiger partial charge on any atom is 0.262 e. The molecule has 1 aliphatic rings. The monoisotopic (exact) mass is 702 g/mol. The van der Waals surface area contributed by atoms with E-state index in [9.17, 15) is 14.4 Å². The standard InChI is InChI=1S/C37H44N2O6.3C2H6/c1-8-10-26(5)23-27(6)38-34(9-2)29-12-14-30(15-13-29)44-21-19-43-20-22-45-31-16-17-32-33(24-31)37(42)39(36(32)41)35(25(3)4)18-11-28(7)40;3*1-2/h8-10,12-17,23-24,35H,3,11,18-22H2,1-2,4-7H3;3*1-2H3/b10-8-,26-23-,34-9-,38-27+;;;. The van der Waals surface area contributed by atoms with E-state index in [0.717, 1.165) is 28.3 Å². The zero-order chi connectivity index (χ0) is 38.9. The second-order valence-electron chi connectivity index (χ2n) is 10.9. The molecule has 2 aromatic carbocycles. The first kappa shape index (κ1) is 46.4. The van der Waals surface area contributed by atoms with E-state index in [1.165, 1.54) is 11.8 Å². The Bertz CT molecular complexity index is 1520. The van der Waals surface area contributed by atoms with Crippen LogP contribution in [0.5, 0.6) is 11.5 Å². The molecule has 0 fully saturated rings. The number of Topliss-reactive ketones (excluding diaryl/α,β-unsaturated/α-hetero) is 1. The summed E-state index contributed by atoms with van der Waals surface area (Å²) in [6.45, 7) is 28.5. The molecule has 0 spiro atoms. The zero-order valence-electron chi connectivity index (χ0n) is 33.2. The van der Waals surface area contributed by atoms with Gasteiger partial charge in [-0.15, -0.1) is 0 Å². The molecule has 8 heteroatoms. The van der Waals surface area contributed by atoms with Crippen molar-refractivity contribution in [3.8, 4) is 11.5 Å². The summed E-state index contributed by atoms with van der Waals surface area (Å²) >= 11 is 0. The molecule has 0 aromatic heterocycles. The first-order valence-corrected chi connectivity index (χ1v) is 18.2. The van der Waals surface area contributed by atoms with Crippen molar-refractivity contribution in [2.75, 3.05) is 26.4 Å². The Balaban J connectivity index is 0.00000395.